The molecule has 2 fully saturated rings. The van der Waals surface area contributed by atoms with Gasteiger partial charge in [0, 0.05) is 6.04 Å². The van der Waals surface area contributed by atoms with Crippen LogP contribution in [0.1, 0.15) is 38.5 Å². The Balaban J connectivity index is 1.68. The molecule has 0 aromatic carbocycles. The van der Waals surface area contributed by atoms with Crippen LogP contribution in [0, 0.1) is 11.8 Å². The largest absolute Gasteiger partial charge is 0.317 e. The minimum absolute atomic E-state index is 0.815. The summed E-state index contributed by atoms with van der Waals surface area (Å²) in [7, 11) is 2.14. The minimum atomic E-state index is 0.815. The van der Waals surface area contributed by atoms with E-state index in [-0.39, 0.29) is 0 Å². The summed E-state index contributed by atoms with van der Waals surface area (Å²) in [5, 5.41) is 3.51. The fourth-order valence-electron chi connectivity index (χ4n) is 2.47. The zero-order valence-electron chi connectivity index (χ0n) is 9.30. The van der Waals surface area contributed by atoms with Crippen molar-refractivity contribution in [1.29, 1.82) is 0 Å². The second-order valence-electron chi connectivity index (χ2n) is 4.96. The summed E-state index contributed by atoms with van der Waals surface area (Å²) in [6, 6.07) is 0.815. The lowest BCUT2D eigenvalue weighted by Crippen LogP contribution is -2.29. The molecular formula is C12H23NS. The summed E-state index contributed by atoms with van der Waals surface area (Å²) in [4.78, 5) is 0. The molecule has 0 aromatic heterocycles. The van der Waals surface area contributed by atoms with E-state index in [1.807, 2.05) is 0 Å². The number of hydrogen-bond donors (Lipinski definition) is 1. The maximum absolute atomic E-state index is 3.51. The van der Waals surface area contributed by atoms with Crippen molar-refractivity contribution in [3.05, 3.63) is 0 Å². The highest BCUT2D eigenvalue weighted by atomic mass is 32.2. The summed E-state index contributed by atoms with van der Waals surface area (Å²) < 4.78 is 0. The van der Waals surface area contributed by atoms with Gasteiger partial charge in [0.1, 0.15) is 0 Å². The van der Waals surface area contributed by atoms with Gasteiger partial charge in [-0.15, -0.1) is 0 Å². The van der Waals surface area contributed by atoms with Gasteiger partial charge in [0.15, 0.2) is 0 Å². The Morgan fingerprint density at radius 1 is 1.07 bits per heavy atom. The Kier molecular flexibility index (Phi) is 4.18. The third kappa shape index (κ3) is 3.47. The van der Waals surface area contributed by atoms with E-state index in [9.17, 15) is 0 Å². The van der Waals surface area contributed by atoms with Gasteiger partial charge in [-0.2, -0.15) is 11.8 Å². The van der Waals surface area contributed by atoms with E-state index in [1.165, 1.54) is 50.0 Å². The van der Waals surface area contributed by atoms with Crippen molar-refractivity contribution in [3.8, 4) is 0 Å². The van der Waals surface area contributed by atoms with Crippen LogP contribution in [0.3, 0.4) is 0 Å². The number of thioether (sulfide) groups is 1. The van der Waals surface area contributed by atoms with Crippen LogP contribution in [0.25, 0.3) is 0 Å². The van der Waals surface area contributed by atoms with E-state index in [0.29, 0.717) is 0 Å². The summed E-state index contributed by atoms with van der Waals surface area (Å²) in [6.45, 7) is 0. The lowest BCUT2D eigenvalue weighted by Gasteiger charge is -2.26. The van der Waals surface area contributed by atoms with Gasteiger partial charge in [0.25, 0.3) is 0 Å². The van der Waals surface area contributed by atoms with Crippen molar-refractivity contribution >= 4 is 11.8 Å². The first kappa shape index (κ1) is 10.8. The van der Waals surface area contributed by atoms with Gasteiger partial charge in [-0.05, 0) is 56.1 Å². The summed E-state index contributed by atoms with van der Waals surface area (Å²) in [6.07, 6.45) is 8.81. The lowest BCUT2D eigenvalue weighted by molar-refractivity contribution is 0.355. The Labute approximate surface area is 92.4 Å². The molecule has 0 bridgehead atoms. The summed E-state index contributed by atoms with van der Waals surface area (Å²) >= 11 is 2.14. The zero-order valence-corrected chi connectivity index (χ0v) is 10.1. The fourth-order valence-corrected chi connectivity index (χ4v) is 3.68. The molecule has 1 heterocycles. The van der Waals surface area contributed by atoms with Gasteiger partial charge in [-0.1, -0.05) is 12.8 Å². The van der Waals surface area contributed by atoms with Gasteiger partial charge in [0.2, 0.25) is 0 Å². The molecule has 1 aliphatic heterocycles. The minimum Gasteiger partial charge on any atom is -0.317 e. The first-order chi connectivity index (χ1) is 6.88. The average molecular weight is 213 g/mol. The molecule has 1 atom stereocenters. The van der Waals surface area contributed by atoms with Crippen molar-refractivity contribution in [2.75, 3.05) is 18.6 Å². The highest BCUT2D eigenvalue weighted by molar-refractivity contribution is 7.99. The van der Waals surface area contributed by atoms with E-state index in [2.05, 4.69) is 24.1 Å². The van der Waals surface area contributed by atoms with Crippen LogP contribution in [-0.2, 0) is 0 Å². The van der Waals surface area contributed by atoms with Gasteiger partial charge in [-0.3, -0.25) is 0 Å². The van der Waals surface area contributed by atoms with Gasteiger partial charge in [-0.25, -0.2) is 0 Å². The molecule has 14 heavy (non-hydrogen) atoms. The molecule has 2 rings (SSSR count). The molecule has 1 N–H and O–H groups in total. The van der Waals surface area contributed by atoms with Crippen LogP contribution >= 0.6 is 11.8 Å². The Morgan fingerprint density at radius 2 is 1.64 bits per heavy atom. The summed E-state index contributed by atoms with van der Waals surface area (Å²) in [5.41, 5.74) is 0. The Bertz CT molecular complexity index is 162. The molecule has 82 valence electrons. The van der Waals surface area contributed by atoms with Crippen molar-refractivity contribution < 1.29 is 0 Å². The number of nitrogens with one attached hydrogen (secondary N) is 1. The number of rotatable bonds is 5. The van der Waals surface area contributed by atoms with E-state index in [4.69, 9.17) is 0 Å². The Hall–Kier alpha value is 0.310. The molecule has 2 aliphatic rings. The molecule has 0 spiro atoms. The molecule has 1 nitrogen and oxygen atoms in total. The van der Waals surface area contributed by atoms with E-state index >= 15 is 0 Å². The molecule has 0 aromatic rings. The first-order valence-electron chi connectivity index (χ1n) is 6.13. The highest BCUT2D eigenvalue weighted by Gasteiger charge is 2.26. The molecule has 1 saturated heterocycles. The Morgan fingerprint density at radius 3 is 2.14 bits per heavy atom. The van der Waals surface area contributed by atoms with Crippen molar-refractivity contribution in [1.82, 2.24) is 5.32 Å². The van der Waals surface area contributed by atoms with Crippen LogP contribution in [0.2, 0.25) is 0 Å². The topological polar surface area (TPSA) is 12.0 Å². The smallest absolute Gasteiger partial charge is 0.00693 e. The normalized spacial score (nSPS) is 26.4. The van der Waals surface area contributed by atoms with Gasteiger partial charge in [0.05, 0.1) is 0 Å². The van der Waals surface area contributed by atoms with Crippen molar-refractivity contribution in [2.45, 2.75) is 44.6 Å². The second-order valence-corrected chi connectivity index (χ2v) is 6.18. The molecular weight excluding hydrogens is 190 g/mol. The van der Waals surface area contributed by atoms with Crippen molar-refractivity contribution in [3.63, 3.8) is 0 Å². The molecule has 1 saturated carbocycles. The standard InChI is InChI=1S/C12H23NS/c1-13-12(8-10-2-3-10)9-11-4-6-14-7-5-11/h10-13H,2-9H2,1H3. The van der Waals surface area contributed by atoms with Gasteiger partial charge >= 0.3 is 0 Å². The van der Waals surface area contributed by atoms with E-state index in [1.54, 1.807) is 0 Å². The predicted octanol–water partition coefficient (Wildman–Crippen LogP) is 2.91. The number of hydrogen-bond acceptors (Lipinski definition) is 2. The van der Waals surface area contributed by atoms with Crippen molar-refractivity contribution in [2.24, 2.45) is 11.8 Å². The zero-order chi connectivity index (χ0) is 9.80. The van der Waals surface area contributed by atoms with Crippen LogP contribution in [0.15, 0.2) is 0 Å². The quantitative estimate of drug-likeness (QED) is 0.753. The molecule has 0 radical (unpaired) electrons. The second kappa shape index (κ2) is 5.41. The third-order valence-electron chi connectivity index (χ3n) is 3.68. The fraction of sp³-hybridized carbons (Fsp3) is 1.00. The molecule has 1 aliphatic carbocycles. The summed E-state index contributed by atoms with van der Waals surface area (Å²) in [5.74, 6) is 4.91. The maximum atomic E-state index is 3.51. The SMILES string of the molecule is CNC(CC1CCSCC1)CC1CC1. The van der Waals surface area contributed by atoms with E-state index in [0.717, 1.165) is 17.9 Å². The first-order valence-corrected chi connectivity index (χ1v) is 7.29. The molecule has 0 amide bonds. The van der Waals surface area contributed by atoms with Crippen LogP contribution in [0.5, 0.6) is 0 Å². The van der Waals surface area contributed by atoms with Crippen LogP contribution in [-0.4, -0.2) is 24.6 Å². The van der Waals surface area contributed by atoms with Crippen LogP contribution in [0.4, 0.5) is 0 Å². The van der Waals surface area contributed by atoms with E-state index < -0.39 is 0 Å². The molecule has 1 unspecified atom stereocenters. The monoisotopic (exact) mass is 213 g/mol. The average Bonchev–Trinajstić information content (AvgIpc) is 3.02. The predicted molar refractivity (Wildman–Crippen MR) is 64.9 cm³/mol. The molecule has 2 heteroatoms. The third-order valence-corrected chi connectivity index (χ3v) is 4.73. The lowest BCUT2D eigenvalue weighted by atomic mass is 9.92. The maximum Gasteiger partial charge on any atom is 0.00693 e. The van der Waals surface area contributed by atoms with Gasteiger partial charge < -0.3 is 5.32 Å². The highest BCUT2D eigenvalue weighted by Crippen LogP contribution is 2.35. The van der Waals surface area contributed by atoms with Crippen LogP contribution < -0.4 is 5.32 Å².